The number of carbonyl (C=O) groups is 2. The number of rotatable bonds is 6. The summed E-state index contributed by atoms with van der Waals surface area (Å²) in [7, 11) is 0. The van der Waals surface area contributed by atoms with Crippen molar-refractivity contribution in [3.05, 3.63) is 29.8 Å². The molecule has 2 amide bonds. The summed E-state index contributed by atoms with van der Waals surface area (Å²) in [5.74, 6) is 0.241. The standard InChI is InChI=1S/C16H23N3O2.ClH/c1-10(17)9-15(20)18-11(2)12-5-7-14(8-6-12)19-16(21)13-3-4-13;/h5-8,10-11,13H,3-4,9,17H2,1-2H3,(H,18,20)(H,19,21);1H. The van der Waals surface area contributed by atoms with Gasteiger partial charge in [-0.25, -0.2) is 0 Å². The van der Waals surface area contributed by atoms with E-state index < -0.39 is 0 Å². The highest BCUT2D eigenvalue weighted by Crippen LogP contribution is 2.30. The normalized spacial score (nSPS) is 16.1. The van der Waals surface area contributed by atoms with Gasteiger partial charge in [0.2, 0.25) is 11.8 Å². The summed E-state index contributed by atoms with van der Waals surface area (Å²) < 4.78 is 0. The van der Waals surface area contributed by atoms with Crippen molar-refractivity contribution in [3.63, 3.8) is 0 Å². The zero-order valence-corrected chi connectivity index (χ0v) is 13.8. The number of anilines is 1. The van der Waals surface area contributed by atoms with Gasteiger partial charge in [-0.1, -0.05) is 12.1 Å². The van der Waals surface area contributed by atoms with E-state index in [1.54, 1.807) is 0 Å². The summed E-state index contributed by atoms with van der Waals surface area (Å²) >= 11 is 0. The zero-order chi connectivity index (χ0) is 15.4. The molecule has 0 aliphatic heterocycles. The van der Waals surface area contributed by atoms with Gasteiger partial charge < -0.3 is 16.4 Å². The van der Waals surface area contributed by atoms with Gasteiger partial charge >= 0.3 is 0 Å². The molecule has 5 nitrogen and oxygen atoms in total. The van der Waals surface area contributed by atoms with Gasteiger partial charge in [-0.15, -0.1) is 12.4 Å². The van der Waals surface area contributed by atoms with E-state index in [2.05, 4.69) is 10.6 Å². The molecule has 2 unspecified atom stereocenters. The van der Waals surface area contributed by atoms with E-state index in [0.717, 1.165) is 24.1 Å². The lowest BCUT2D eigenvalue weighted by Crippen LogP contribution is -2.31. The highest BCUT2D eigenvalue weighted by atomic mass is 35.5. The lowest BCUT2D eigenvalue weighted by molar-refractivity contribution is -0.122. The smallest absolute Gasteiger partial charge is 0.227 e. The van der Waals surface area contributed by atoms with Crippen molar-refractivity contribution in [3.8, 4) is 0 Å². The van der Waals surface area contributed by atoms with Crippen molar-refractivity contribution in [2.75, 3.05) is 5.32 Å². The Labute approximate surface area is 137 Å². The molecule has 1 saturated carbocycles. The van der Waals surface area contributed by atoms with Crippen LogP contribution in [0.5, 0.6) is 0 Å². The predicted molar refractivity (Wildman–Crippen MR) is 89.9 cm³/mol. The Kier molecular flexibility index (Phi) is 6.84. The second kappa shape index (κ2) is 8.15. The minimum atomic E-state index is -0.141. The maximum atomic E-state index is 11.7. The van der Waals surface area contributed by atoms with Gasteiger partial charge in [0.15, 0.2) is 0 Å². The monoisotopic (exact) mass is 325 g/mol. The number of hydrogen-bond acceptors (Lipinski definition) is 3. The molecule has 0 bridgehead atoms. The molecule has 122 valence electrons. The van der Waals surface area contributed by atoms with Crippen molar-refractivity contribution in [1.29, 1.82) is 0 Å². The van der Waals surface area contributed by atoms with Crippen molar-refractivity contribution >= 4 is 29.9 Å². The lowest BCUT2D eigenvalue weighted by Gasteiger charge is -2.16. The van der Waals surface area contributed by atoms with E-state index in [9.17, 15) is 9.59 Å². The summed E-state index contributed by atoms with van der Waals surface area (Å²) in [4.78, 5) is 23.3. The number of carbonyl (C=O) groups excluding carboxylic acids is 2. The summed E-state index contributed by atoms with van der Waals surface area (Å²) in [5, 5.41) is 5.80. The molecule has 2 rings (SSSR count). The average molecular weight is 326 g/mol. The topological polar surface area (TPSA) is 84.2 Å². The highest BCUT2D eigenvalue weighted by molar-refractivity contribution is 5.94. The van der Waals surface area contributed by atoms with Crippen LogP contribution in [0.4, 0.5) is 5.69 Å². The van der Waals surface area contributed by atoms with Crippen LogP contribution in [0, 0.1) is 5.92 Å². The predicted octanol–water partition coefficient (Wildman–Crippen LogP) is 2.37. The van der Waals surface area contributed by atoms with Crippen LogP contribution in [-0.2, 0) is 9.59 Å². The maximum Gasteiger partial charge on any atom is 0.227 e. The average Bonchev–Trinajstić information content (AvgIpc) is 3.22. The molecule has 6 heteroatoms. The second-order valence-electron chi connectivity index (χ2n) is 5.86. The Morgan fingerprint density at radius 2 is 1.82 bits per heavy atom. The van der Waals surface area contributed by atoms with E-state index in [1.807, 2.05) is 38.1 Å². The van der Waals surface area contributed by atoms with Crippen molar-refractivity contribution < 1.29 is 9.59 Å². The molecule has 1 aliphatic rings. The van der Waals surface area contributed by atoms with Gasteiger partial charge in [-0.2, -0.15) is 0 Å². The van der Waals surface area contributed by atoms with E-state index in [4.69, 9.17) is 5.73 Å². The molecule has 1 aromatic carbocycles. The molecule has 0 spiro atoms. The molecule has 2 atom stereocenters. The Hall–Kier alpha value is -1.59. The molecule has 0 aromatic heterocycles. The Bertz CT molecular complexity index is 513. The second-order valence-corrected chi connectivity index (χ2v) is 5.86. The highest BCUT2D eigenvalue weighted by Gasteiger charge is 2.29. The van der Waals surface area contributed by atoms with E-state index in [0.29, 0.717) is 6.42 Å². The van der Waals surface area contributed by atoms with Gasteiger partial charge in [0, 0.05) is 24.1 Å². The quantitative estimate of drug-likeness (QED) is 0.750. The molecule has 4 N–H and O–H groups in total. The van der Waals surface area contributed by atoms with Crippen LogP contribution in [0.2, 0.25) is 0 Å². The maximum absolute atomic E-state index is 11.7. The summed E-state index contributed by atoms with van der Waals surface area (Å²) in [5.41, 5.74) is 7.40. The molecule has 0 radical (unpaired) electrons. The number of hydrogen-bond donors (Lipinski definition) is 3. The van der Waals surface area contributed by atoms with Crippen LogP contribution in [0.1, 0.15) is 44.7 Å². The molecule has 22 heavy (non-hydrogen) atoms. The molecular weight excluding hydrogens is 302 g/mol. The number of halogens is 1. The fraction of sp³-hybridized carbons (Fsp3) is 0.500. The lowest BCUT2D eigenvalue weighted by atomic mass is 10.1. The number of benzene rings is 1. The Morgan fingerprint density at radius 3 is 2.32 bits per heavy atom. The molecule has 1 aromatic rings. The van der Waals surface area contributed by atoms with E-state index in [1.165, 1.54) is 0 Å². The summed E-state index contributed by atoms with van der Waals surface area (Å²) in [6.45, 7) is 3.73. The van der Waals surface area contributed by atoms with Crippen molar-refractivity contribution in [1.82, 2.24) is 5.32 Å². The third-order valence-electron chi connectivity index (χ3n) is 3.51. The molecule has 1 fully saturated rings. The SMILES string of the molecule is CC(N)CC(=O)NC(C)c1ccc(NC(=O)C2CC2)cc1.Cl. The zero-order valence-electron chi connectivity index (χ0n) is 13.0. The number of nitrogens with two attached hydrogens (primary N) is 1. The van der Waals surface area contributed by atoms with Crippen LogP contribution in [-0.4, -0.2) is 17.9 Å². The summed E-state index contributed by atoms with van der Waals surface area (Å²) in [6, 6.07) is 7.34. The first-order valence-corrected chi connectivity index (χ1v) is 7.41. The van der Waals surface area contributed by atoms with Gasteiger partial charge in [-0.05, 0) is 44.4 Å². The van der Waals surface area contributed by atoms with Crippen LogP contribution in [0.25, 0.3) is 0 Å². The molecule has 1 aliphatic carbocycles. The fourth-order valence-electron chi connectivity index (χ4n) is 2.12. The van der Waals surface area contributed by atoms with Gasteiger partial charge in [-0.3, -0.25) is 9.59 Å². The molecule has 0 saturated heterocycles. The van der Waals surface area contributed by atoms with E-state index in [-0.39, 0.29) is 42.2 Å². The first kappa shape index (κ1) is 18.5. The van der Waals surface area contributed by atoms with Gasteiger partial charge in [0.1, 0.15) is 0 Å². The van der Waals surface area contributed by atoms with Gasteiger partial charge in [0.25, 0.3) is 0 Å². The number of amides is 2. The van der Waals surface area contributed by atoms with Gasteiger partial charge in [0.05, 0.1) is 6.04 Å². The van der Waals surface area contributed by atoms with Crippen LogP contribution in [0.3, 0.4) is 0 Å². The minimum Gasteiger partial charge on any atom is -0.350 e. The Balaban J connectivity index is 0.00000242. The van der Waals surface area contributed by atoms with Crippen LogP contribution in [0.15, 0.2) is 24.3 Å². The third-order valence-corrected chi connectivity index (χ3v) is 3.51. The number of nitrogens with one attached hydrogen (secondary N) is 2. The van der Waals surface area contributed by atoms with Crippen LogP contribution < -0.4 is 16.4 Å². The Morgan fingerprint density at radius 1 is 1.23 bits per heavy atom. The first-order chi connectivity index (χ1) is 9.95. The van der Waals surface area contributed by atoms with Crippen molar-refractivity contribution in [2.45, 2.75) is 45.2 Å². The molecular formula is C16H24ClN3O2. The van der Waals surface area contributed by atoms with E-state index >= 15 is 0 Å². The first-order valence-electron chi connectivity index (χ1n) is 7.41. The minimum absolute atomic E-state index is 0. The third kappa shape index (κ3) is 5.66. The van der Waals surface area contributed by atoms with Crippen LogP contribution >= 0.6 is 12.4 Å². The van der Waals surface area contributed by atoms with Crippen molar-refractivity contribution in [2.24, 2.45) is 11.7 Å². The molecule has 0 heterocycles. The summed E-state index contributed by atoms with van der Waals surface area (Å²) in [6.07, 6.45) is 2.30. The largest absolute Gasteiger partial charge is 0.350 e. The fourth-order valence-corrected chi connectivity index (χ4v) is 2.12.